The lowest BCUT2D eigenvalue weighted by Crippen LogP contribution is -2.29. The molecular weight excluding hydrogens is 393 g/mol. The Bertz CT molecular complexity index is 923. The molecule has 8 heteroatoms. The van der Waals surface area contributed by atoms with Crippen LogP contribution < -0.4 is 10.2 Å². The summed E-state index contributed by atoms with van der Waals surface area (Å²) in [6, 6.07) is 8.51. The minimum absolute atomic E-state index is 0.00764. The summed E-state index contributed by atoms with van der Waals surface area (Å²) in [5.74, 6) is -1.38. The third-order valence-electron chi connectivity index (χ3n) is 4.70. The number of nitrogens with one attached hydrogen (secondary N) is 1. The topological polar surface area (TPSA) is 49.4 Å². The third kappa shape index (κ3) is 4.14. The minimum Gasteiger partial charge on any atom is -0.326 e. The highest BCUT2D eigenvalue weighted by Crippen LogP contribution is 2.34. The van der Waals surface area contributed by atoms with Gasteiger partial charge in [0.25, 0.3) is 0 Å². The van der Waals surface area contributed by atoms with Crippen LogP contribution in [0.2, 0.25) is 5.02 Å². The average molecular weight is 411 g/mol. The summed E-state index contributed by atoms with van der Waals surface area (Å²) in [7, 11) is 0. The highest BCUT2D eigenvalue weighted by atomic mass is 35.5. The standard InChI is InChI=1S/C20H18ClF3N2O2/c1-11-4-3-5-12(2)18(11)26-10-13(6-17(26)27)19(28)25-16-8-14(20(22,23)24)7-15(21)9-16/h3-5,7-9,13H,6,10H2,1-2H3,(H,25,28). The van der Waals surface area contributed by atoms with Gasteiger partial charge in [-0.1, -0.05) is 29.8 Å². The van der Waals surface area contributed by atoms with Gasteiger partial charge in [0.2, 0.25) is 11.8 Å². The number of hydrogen-bond acceptors (Lipinski definition) is 2. The van der Waals surface area contributed by atoms with E-state index < -0.39 is 23.6 Å². The van der Waals surface area contributed by atoms with Crippen LogP contribution in [0.5, 0.6) is 0 Å². The number of hydrogen-bond donors (Lipinski definition) is 1. The fourth-order valence-corrected chi connectivity index (χ4v) is 3.64. The first-order chi connectivity index (χ1) is 13.1. The van der Waals surface area contributed by atoms with Crippen molar-refractivity contribution in [1.82, 2.24) is 0 Å². The van der Waals surface area contributed by atoms with Crippen LogP contribution in [0, 0.1) is 19.8 Å². The van der Waals surface area contributed by atoms with E-state index in [0.717, 1.165) is 28.9 Å². The van der Waals surface area contributed by atoms with Gasteiger partial charge in [0.1, 0.15) is 0 Å². The van der Waals surface area contributed by atoms with Crippen LogP contribution in [0.1, 0.15) is 23.1 Å². The first-order valence-electron chi connectivity index (χ1n) is 8.61. The lowest BCUT2D eigenvalue weighted by atomic mass is 10.1. The molecule has 0 aromatic heterocycles. The number of nitrogens with zero attached hydrogens (tertiary/aromatic N) is 1. The molecular formula is C20H18ClF3N2O2. The van der Waals surface area contributed by atoms with Crippen LogP contribution in [0.4, 0.5) is 24.5 Å². The molecule has 148 valence electrons. The Morgan fingerprint density at radius 3 is 2.43 bits per heavy atom. The van der Waals surface area contributed by atoms with Gasteiger partial charge in [-0.2, -0.15) is 13.2 Å². The molecule has 0 bridgehead atoms. The molecule has 1 atom stereocenters. The zero-order chi connectivity index (χ0) is 20.6. The van der Waals surface area contributed by atoms with E-state index in [1.807, 2.05) is 32.0 Å². The second kappa shape index (κ2) is 7.47. The summed E-state index contributed by atoms with van der Waals surface area (Å²) < 4.78 is 38.8. The van der Waals surface area contributed by atoms with Gasteiger partial charge in [-0.25, -0.2) is 0 Å². The minimum atomic E-state index is -4.58. The number of para-hydroxylation sites is 1. The van der Waals surface area contributed by atoms with E-state index in [2.05, 4.69) is 5.32 Å². The Hall–Kier alpha value is -2.54. The van der Waals surface area contributed by atoms with Crippen molar-refractivity contribution in [3.05, 3.63) is 58.1 Å². The lowest BCUT2D eigenvalue weighted by Gasteiger charge is -2.21. The van der Waals surface area contributed by atoms with Crippen LogP contribution in [-0.2, 0) is 15.8 Å². The van der Waals surface area contributed by atoms with Gasteiger partial charge in [0.15, 0.2) is 0 Å². The van der Waals surface area contributed by atoms with Gasteiger partial charge in [0.05, 0.1) is 11.5 Å². The van der Waals surface area contributed by atoms with Crippen LogP contribution in [0.15, 0.2) is 36.4 Å². The maximum Gasteiger partial charge on any atom is 0.416 e. The van der Waals surface area contributed by atoms with Crippen molar-refractivity contribution in [2.75, 3.05) is 16.8 Å². The first kappa shape index (κ1) is 20.2. The summed E-state index contributed by atoms with van der Waals surface area (Å²) in [5, 5.41) is 2.32. The van der Waals surface area contributed by atoms with Crippen molar-refractivity contribution in [3.8, 4) is 0 Å². The number of halogens is 4. The summed E-state index contributed by atoms with van der Waals surface area (Å²) in [4.78, 5) is 26.6. The van der Waals surface area contributed by atoms with E-state index in [4.69, 9.17) is 11.6 Å². The van der Waals surface area contributed by atoms with E-state index in [-0.39, 0.29) is 29.6 Å². The number of anilines is 2. The molecule has 28 heavy (non-hydrogen) atoms. The van der Waals surface area contributed by atoms with E-state index in [1.165, 1.54) is 6.07 Å². The summed E-state index contributed by atoms with van der Waals surface area (Å²) >= 11 is 5.75. The van der Waals surface area contributed by atoms with E-state index in [1.54, 1.807) is 4.90 Å². The highest BCUT2D eigenvalue weighted by Gasteiger charge is 2.37. The maximum absolute atomic E-state index is 12.9. The molecule has 3 rings (SSSR count). The van der Waals surface area contributed by atoms with E-state index >= 15 is 0 Å². The van der Waals surface area contributed by atoms with Crippen LogP contribution >= 0.6 is 11.6 Å². The molecule has 0 spiro atoms. The SMILES string of the molecule is Cc1cccc(C)c1N1CC(C(=O)Nc2cc(Cl)cc(C(F)(F)F)c2)CC1=O. The molecule has 0 radical (unpaired) electrons. The average Bonchev–Trinajstić information content (AvgIpc) is 2.95. The predicted octanol–water partition coefficient (Wildman–Crippen LogP) is 4.97. The second-order valence-electron chi connectivity index (χ2n) is 6.86. The van der Waals surface area contributed by atoms with Gasteiger partial charge in [-0.15, -0.1) is 0 Å². The number of carbonyl (C=O) groups is 2. The quantitative estimate of drug-likeness (QED) is 0.776. The molecule has 2 amide bonds. The molecule has 1 heterocycles. The van der Waals surface area contributed by atoms with Gasteiger partial charge >= 0.3 is 6.18 Å². The first-order valence-corrected chi connectivity index (χ1v) is 8.99. The molecule has 1 unspecified atom stereocenters. The van der Waals surface area contributed by atoms with Gasteiger partial charge < -0.3 is 10.2 Å². The zero-order valence-electron chi connectivity index (χ0n) is 15.2. The number of alkyl halides is 3. The predicted molar refractivity (Wildman–Crippen MR) is 101 cm³/mol. The Morgan fingerprint density at radius 1 is 1.18 bits per heavy atom. The van der Waals surface area contributed by atoms with Crippen LogP contribution in [-0.4, -0.2) is 18.4 Å². The van der Waals surface area contributed by atoms with Crippen molar-refractivity contribution < 1.29 is 22.8 Å². The molecule has 1 saturated heterocycles. The second-order valence-corrected chi connectivity index (χ2v) is 7.30. The van der Waals surface area contributed by atoms with Gasteiger partial charge in [-0.05, 0) is 43.2 Å². The Labute approximate surface area is 165 Å². The molecule has 0 aliphatic carbocycles. The van der Waals surface area contributed by atoms with Crippen molar-refractivity contribution in [1.29, 1.82) is 0 Å². The Balaban J connectivity index is 1.78. The van der Waals surface area contributed by atoms with Crippen LogP contribution in [0.3, 0.4) is 0 Å². The van der Waals surface area contributed by atoms with Gasteiger partial charge in [0, 0.05) is 29.4 Å². The number of benzene rings is 2. The fourth-order valence-electron chi connectivity index (χ4n) is 3.40. The third-order valence-corrected chi connectivity index (χ3v) is 4.92. The summed E-state index contributed by atoms with van der Waals surface area (Å²) in [6.45, 7) is 3.93. The molecule has 4 nitrogen and oxygen atoms in total. The normalized spacial score (nSPS) is 17.1. The van der Waals surface area contributed by atoms with Crippen LogP contribution in [0.25, 0.3) is 0 Å². The van der Waals surface area contributed by atoms with E-state index in [0.29, 0.717) is 0 Å². The lowest BCUT2D eigenvalue weighted by molar-refractivity contribution is -0.137. The molecule has 1 aliphatic rings. The maximum atomic E-state index is 12.9. The number of aryl methyl sites for hydroxylation is 2. The number of carbonyl (C=O) groups excluding carboxylic acids is 2. The molecule has 1 N–H and O–H groups in total. The molecule has 0 saturated carbocycles. The zero-order valence-corrected chi connectivity index (χ0v) is 16.0. The van der Waals surface area contributed by atoms with Crippen molar-refractivity contribution in [3.63, 3.8) is 0 Å². The van der Waals surface area contributed by atoms with Gasteiger partial charge in [-0.3, -0.25) is 9.59 Å². The Morgan fingerprint density at radius 2 is 1.82 bits per heavy atom. The number of amides is 2. The molecule has 1 aliphatic heterocycles. The molecule has 2 aromatic carbocycles. The van der Waals surface area contributed by atoms with Crippen molar-refractivity contribution in [2.45, 2.75) is 26.4 Å². The number of rotatable bonds is 3. The highest BCUT2D eigenvalue weighted by molar-refractivity contribution is 6.31. The van der Waals surface area contributed by atoms with Crippen molar-refractivity contribution in [2.24, 2.45) is 5.92 Å². The molecule has 2 aromatic rings. The monoisotopic (exact) mass is 410 g/mol. The Kier molecular flexibility index (Phi) is 5.39. The largest absolute Gasteiger partial charge is 0.416 e. The van der Waals surface area contributed by atoms with E-state index in [9.17, 15) is 22.8 Å². The summed E-state index contributed by atoms with van der Waals surface area (Å²) in [5.41, 5.74) is 1.60. The van der Waals surface area contributed by atoms with Crippen molar-refractivity contribution >= 4 is 34.8 Å². The smallest absolute Gasteiger partial charge is 0.326 e. The molecule has 1 fully saturated rings. The fraction of sp³-hybridized carbons (Fsp3) is 0.300. The summed E-state index contributed by atoms with van der Waals surface area (Å²) in [6.07, 6.45) is -4.58.